The highest BCUT2D eigenvalue weighted by Gasteiger charge is 2.25. The van der Waals surface area contributed by atoms with Crippen LogP contribution in [0.25, 0.3) is 0 Å². The summed E-state index contributed by atoms with van der Waals surface area (Å²) in [7, 11) is 0. The standard InChI is InChI=1S/C18H21ClN4O2/c1-11-7-12(2)17(14(19)8-11)22-15-9-16(21-10-20-15)23-5-3-13(4-6-23)18(24)25/h7-10,13H,3-6H2,1-2H3,(H,24,25)(H,20,21,22). The number of rotatable bonds is 4. The molecule has 6 nitrogen and oxygen atoms in total. The van der Waals surface area contributed by atoms with Crippen LogP contribution in [0.2, 0.25) is 5.02 Å². The maximum Gasteiger partial charge on any atom is 0.306 e. The summed E-state index contributed by atoms with van der Waals surface area (Å²) in [5, 5.41) is 13.0. The summed E-state index contributed by atoms with van der Waals surface area (Å²) in [6.45, 7) is 5.36. The minimum Gasteiger partial charge on any atom is -0.481 e. The van der Waals surface area contributed by atoms with Crippen molar-refractivity contribution in [1.82, 2.24) is 9.97 Å². The third-order valence-electron chi connectivity index (χ3n) is 4.51. The second-order valence-electron chi connectivity index (χ2n) is 6.42. The zero-order valence-corrected chi connectivity index (χ0v) is 15.0. The first-order valence-electron chi connectivity index (χ1n) is 8.27. The summed E-state index contributed by atoms with van der Waals surface area (Å²) < 4.78 is 0. The molecule has 7 heteroatoms. The molecule has 132 valence electrons. The van der Waals surface area contributed by atoms with Gasteiger partial charge < -0.3 is 15.3 Å². The maximum atomic E-state index is 11.1. The maximum absolute atomic E-state index is 11.1. The number of aromatic nitrogens is 2. The first kappa shape index (κ1) is 17.5. The SMILES string of the molecule is Cc1cc(C)c(Nc2cc(N3CCC(C(=O)O)CC3)ncn2)c(Cl)c1. The van der Waals surface area contributed by atoms with E-state index in [1.165, 1.54) is 6.33 Å². The number of anilines is 3. The number of carboxylic acids is 1. The third kappa shape index (κ3) is 4.02. The van der Waals surface area contributed by atoms with E-state index in [1.54, 1.807) is 0 Å². The van der Waals surface area contributed by atoms with E-state index in [1.807, 2.05) is 26.0 Å². The van der Waals surface area contributed by atoms with Gasteiger partial charge in [0.15, 0.2) is 0 Å². The average molecular weight is 361 g/mol. The zero-order chi connectivity index (χ0) is 18.0. The Balaban J connectivity index is 1.76. The third-order valence-corrected chi connectivity index (χ3v) is 4.80. The molecule has 1 aromatic heterocycles. The van der Waals surface area contributed by atoms with E-state index in [-0.39, 0.29) is 5.92 Å². The van der Waals surface area contributed by atoms with E-state index in [0.29, 0.717) is 36.8 Å². The second kappa shape index (κ2) is 7.27. The number of aliphatic carboxylic acids is 1. The summed E-state index contributed by atoms with van der Waals surface area (Å²) in [5.74, 6) is 0.486. The van der Waals surface area contributed by atoms with Crippen LogP contribution in [0.15, 0.2) is 24.5 Å². The van der Waals surface area contributed by atoms with Crippen molar-refractivity contribution in [3.05, 3.63) is 40.7 Å². The van der Waals surface area contributed by atoms with Crippen molar-refractivity contribution in [3.63, 3.8) is 0 Å². The fraction of sp³-hybridized carbons (Fsp3) is 0.389. The fourth-order valence-corrected chi connectivity index (χ4v) is 3.51. The molecular weight excluding hydrogens is 340 g/mol. The van der Waals surface area contributed by atoms with E-state index in [0.717, 1.165) is 22.6 Å². The molecule has 25 heavy (non-hydrogen) atoms. The van der Waals surface area contributed by atoms with Gasteiger partial charge in [-0.05, 0) is 43.9 Å². The predicted octanol–water partition coefficient (Wildman–Crippen LogP) is 3.79. The topological polar surface area (TPSA) is 78.4 Å². The molecule has 1 aromatic carbocycles. The van der Waals surface area contributed by atoms with Gasteiger partial charge in [0.25, 0.3) is 0 Å². The van der Waals surface area contributed by atoms with Gasteiger partial charge in [0.2, 0.25) is 0 Å². The fourth-order valence-electron chi connectivity index (χ4n) is 3.15. The number of carbonyl (C=O) groups is 1. The monoisotopic (exact) mass is 360 g/mol. The van der Waals surface area contributed by atoms with Gasteiger partial charge in [-0.2, -0.15) is 0 Å². The normalized spacial score (nSPS) is 15.2. The van der Waals surface area contributed by atoms with Crippen LogP contribution in [-0.2, 0) is 4.79 Å². The van der Waals surface area contributed by atoms with Crippen LogP contribution in [0.3, 0.4) is 0 Å². The van der Waals surface area contributed by atoms with Crippen LogP contribution < -0.4 is 10.2 Å². The van der Waals surface area contributed by atoms with Crippen molar-refractivity contribution in [2.45, 2.75) is 26.7 Å². The molecule has 2 aromatic rings. The van der Waals surface area contributed by atoms with Gasteiger partial charge in [0.1, 0.15) is 18.0 Å². The lowest BCUT2D eigenvalue weighted by molar-refractivity contribution is -0.142. The lowest BCUT2D eigenvalue weighted by Crippen LogP contribution is -2.36. The van der Waals surface area contributed by atoms with Gasteiger partial charge in [-0.1, -0.05) is 17.7 Å². The Bertz CT molecular complexity index is 765. The van der Waals surface area contributed by atoms with E-state index >= 15 is 0 Å². The number of aryl methyl sites for hydroxylation is 2. The highest BCUT2D eigenvalue weighted by Crippen LogP contribution is 2.30. The molecule has 0 unspecified atom stereocenters. The first-order valence-corrected chi connectivity index (χ1v) is 8.65. The number of hydrogen-bond donors (Lipinski definition) is 2. The van der Waals surface area contributed by atoms with E-state index in [2.05, 4.69) is 26.3 Å². The van der Waals surface area contributed by atoms with Crippen LogP contribution in [0.4, 0.5) is 17.3 Å². The molecule has 0 radical (unpaired) electrons. The highest BCUT2D eigenvalue weighted by atomic mass is 35.5. The zero-order valence-electron chi connectivity index (χ0n) is 14.3. The number of carboxylic acid groups (broad SMARTS) is 1. The van der Waals surface area contributed by atoms with Crippen LogP contribution in [0, 0.1) is 19.8 Å². The predicted molar refractivity (Wildman–Crippen MR) is 98.8 cm³/mol. The Morgan fingerprint density at radius 3 is 2.60 bits per heavy atom. The first-order chi connectivity index (χ1) is 11.9. The molecule has 0 spiro atoms. The summed E-state index contributed by atoms with van der Waals surface area (Å²) in [4.78, 5) is 21.8. The van der Waals surface area contributed by atoms with Crippen LogP contribution in [0.1, 0.15) is 24.0 Å². The number of halogens is 1. The number of hydrogen-bond acceptors (Lipinski definition) is 5. The van der Waals surface area contributed by atoms with Gasteiger partial charge in [-0.15, -0.1) is 0 Å². The van der Waals surface area contributed by atoms with Crippen LogP contribution in [0.5, 0.6) is 0 Å². The van der Waals surface area contributed by atoms with E-state index in [4.69, 9.17) is 16.7 Å². The molecular formula is C18H21ClN4O2. The molecule has 3 rings (SSSR count). The number of nitrogens with one attached hydrogen (secondary N) is 1. The van der Waals surface area contributed by atoms with Gasteiger partial charge in [0, 0.05) is 19.2 Å². The molecule has 0 atom stereocenters. The Kier molecular flexibility index (Phi) is 5.08. The molecule has 1 saturated heterocycles. The molecule has 2 heterocycles. The Hall–Kier alpha value is -2.34. The molecule has 1 aliphatic heterocycles. The van der Waals surface area contributed by atoms with Crippen molar-refractivity contribution in [2.24, 2.45) is 5.92 Å². The van der Waals surface area contributed by atoms with Gasteiger partial charge in [-0.3, -0.25) is 4.79 Å². The quantitative estimate of drug-likeness (QED) is 0.863. The smallest absolute Gasteiger partial charge is 0.306 e. The molecule has 0 amide bonds. The largest absolute Gasteiger partial charge is 0.481 e. The van der Waals surface area contributed by atoms with Gasteiger partial charge >= 0.3 is 5.97 Å². The molecule has 1 aliphatic rings. The van der Waals surface area contributed by atoms with Crippen LogP contribution in [-0.4, -0.2) is 34.1 Å². The molecule has 0 aliphatic carbocycles. The van der Waals surface area contributed by atoms with E-state index < -0.39 is 5.97 Å². The van der Waals surface area contributed by atoms with Crippen molar-refractivity contribution >= 4 is 34.9 Å². The van der Waals surface area contributed by atoms with Crippen molar-refractivity contribution in [2.75, 3.05) is 23.3 Å². The molecule has 0 saturated carbocycles. The van der Waals surface area contributed by atoms with Crippen molar-refractivity contribution in [3.8, 4) is 0 Å². The Morgan fingerprint density at radius 1 is 1.24 bits per heavy atom. The summed E-state index contributed by atoms with van der Waals surface area (Å²) in [6, 6.07) is 5.85. The molecule has 1 fully saturated rings. The number of benzene rings is 1. The summed E-state index contributed by atoms with van der Waals surface area (Å²) in [5.41, 5.74) is 2.99. The van der Waals surface area contributed by atoms with Crippen molar-refractivity contribution < 1.29 is 9.90 Å². The lowest BCUT2D eigenvalue weighted by atomic mass is 9.97. The minimum atomic E-state index is -0.714. The minimum absolute atomic E-state index is 0.260. The lowest BCUT2D eigenvalue weighted by Gasteiger charge is -2.31. The highest BCUT2D eigenvalue weighted by molar-refractivity contribution is 6.33. The Morgan fingerprint density at radius 2 is 1.96 bits per heavy atom. The van der Waals surface area contributed by atoms with Gasteiger partial charge in [0.05, 0.1) is 16.6 Å². The molecule has 0 bridgehead atoms. The van der Waals surface area contributed by atoms with E-state index in [9.17, 15) is 4.79 Å². The van der Waals surface area contributed by atoms with Gasteiger partial charge in [-0.25, -0.2) is 9.97 Å². The Labute approximate surface area is 151 Å². The van der Waals surface area contributed by atoms with Crippen molar-refractivity contribution in [1.29, 1.82) is 0 Å². The average Bonchev–Trinajstić information content (AvgIpc) is 2.58. The van der Waals surface area contributed by atoms with Crippen LogP contribution >= 0.6 is 11.6 Å². The number of piperidine rings is 1. The summed E-state index contributed by atoms with van der Waals surface area (Å²) in [6.07, 6.45) is 2.77. The summed E-state index contributed by atoms with van der Waals surface area (Å²) >= 11 is 6.35. The number of nitrogens with zero attached hydrogens (tertiary/aromatic N) is 3. The second-order valence-corrected chi connectivity index (χ2v) is 6.83. The molecule has 2 N–H and O–H groups in total.